The number of Topliss-reactive ketones (excluding diaryl/α,β-unsaturated/α-hetero) is 1. The Bertz CT molecular complexity index is 462. The minimum Gasteiger partial charge on any atom is -0.508 e. The number of aromatic hydroxyl groups is 2. The van der Waals surface area contributed by atoms with Crippen molar-refractivity contribution in [1.29, 1.82) is 0 Å². The monoisotopic (exact) mass is 267 g/mol. The highest BCUT2D eigenvalue weighted by Gasteiger charge is 2.22. The molecule has 6 nitrogen and oxygen atoms in total. The van der Waals surface area contributed by atoms with Crippen LogP contribution in [-0.2, 0) is 4.74 Å². The van der Waals surface area contributed by atoms with Gasteiger partial charge in [0, 0.05) is 19.2 Å². The van der Waals surface area contributed by atoms with Gasteiger partial charge in [0.05, 0.1) is 31.4 Å². The van der Waals surface area contributed by atoms with Crippen molar-refractivity contribution >= 4 is 5.78 Å². The molecule has 0 amide bonds. The molecule has 2 rings (SSSR count). The first-order valence-electron chi connectivity index (χ1n) is 6.10. The Labute approximate surface area is 110 Å². The van der Waals surface area contributed by atoms with E-state index >= 15 is 0 Å². The molecule has 1 fully saturated rings. The fourth-order valence-electron chi connectivity index (χ4n) is 2.08. The average molecular weight is 267 g/mol. The predicted octanol–water partition coefficient (Wildman–Crippen LogP) is -0.0264. The van der Waals surface area contributed by atoms with Gasteiger partial charge in [0.2, 0.25) is 0 Å². The number of ketones is 1. The maximum Gasteiger partial charge on any atom is 0.180 e. The van der Waals surface area contributed by atoms with Gasteiger partial charge in [0.1, 0.15) is 11.5 Å². The van der Waals surface area contributed by atoms with Crippen molar-refractivity contribution in [3.63, 3.8) is 0 Å². The van der Waals surface area contributed by atoms with Crippen LogP contribution in [0.15, 0.2) is 18.2 Å². The van der Waals surface area contributed by atoms with E-state index in [-0.39, 0.29) is 42.1 Å². The van der Waals surface area contributed by atoms with Gasteiger partial charge in [0.15, 0.2) is 5.78 Å². The van der Waals surface area contributed by atoms with Crippen LogP contribution in [0.4, 0.5) is 0 Å². The van der Waals surface area contributed by atoms with E-state index in [0.717, 1.165) is 6.07 Å². The van der Waals surface area contributed by atoms with Crippen molar-refractivity contribution < 1.29 is 24.9 Å². The standard InChI is InChI=1S/C13H17NO5/c15-8-10-6-14(3-4-19-10)7-13(18)11-2-1-9(16)5-12(11)17/h1-2,5,10,15-17H,3-4,6-8H2. The van der Waals surface area contributed by atoms with Crippen LogP contribution in [0.5, 0.6) is 11.5 Å². The van der Waals surface area contributed by atoms with Crippen molar-refractivity contribution in [3.05, 3.63) is 23.8 Å². The van der Waals surface area contributed by atoms with Crippen molar-refractivity contribution in [3.8, 4) is 11.5 Å². The normalized spacial score (nSPS) is 20.4. The molecule has 1 unspecified atom stereocenters. The minimum absolute atomic E-state index is 0.0743. The van der Waals surface area contributed by atoms with Crippen LogP contribution in [0.25, 0.3) is 0 Å². The molecule has 0 radical (unpaired) electrons. The number of phenols is 2. The molecule has 1 atom stereocenters. The van der Waals surface area contributed by atoms with Crippen LogP contribution in [-0.4, -0.2) is 65.0 Å². The summed E-state index contributed by atoms with van der Waals surface area (Å²) in [6.45, 7) is 1.65. The van der Waals surface area contributed by atoms with Crippen molar-refractivity contribution in [2.45, 2.75) is 6.10 Å². The van der Waals surface area contributed by atoms with Gasteiger partial charge >= 0.3 is 0 Å². The first kappa shape index (κ1) is 13.8. The van der Waals surface area contributed by atoms with E-state index in [4.69, 9.17) is 9.84 Å². The molecular weight excluding hydrogens is 250 g/mol. The number of phenolic OH excluding ortho intramolecular Hbond substituents is 2. The Morgan fingerprint density at radius 2 is 2.21 bits per heavy atom. The van der Waals surface area contributed by atoms with E-state index in [2.05, 4.69) is 0 Å². The molecule has 1 aliphatic heterocycles. The zero-order valence-electron chi connectivity index (χ0n) is 10.5. The summed E-state index contributed by atoms with van der Waals surface area (Å²) in [5.41, 5.74) is 0.185. The van der Waals surface area contributed by atoms with Crippen molar-refractivity contribution in [1.82, 2.24) is 4.90 Å². The number of ether oxygens (including phenoxy) is 1. The highest BCUT2D eigenvalue weighted by atomic mass is 16.5. The SMILES string of the molecule is O=C(CN1CCOC(CO)C1)c1ccc(O)cc1O. The number of carbonyl (C=O) groups excluding carboxylic acids is 1. The summed E-state index contributed by atoms with van der Waals surface area (Å²) in [5.74, 6) is -0.533. The summed E-state index contributed by atoms with van der Waals surface area (Å²) in [7, 11) is 0. The summed E-state index contributed by atoms with van der Waals surface area (Å²) >= 11 is 0. The van der Waals surface area contributed by atoms with Crippen LogP contribution in [0.1, 0.15) is 10.4 Å². The first-order valence-corrected chi connectivity index (χ1v) is 6.10. The number of rotatable bonds is 4. The molecule has 1 aromatic carbocycles. The lowest BCUT2D eigenvalue weighted by molar-refractivity contribution is -0.0503. The third kappa shape index (κ3) is 3.44. The van der Waals surface area contributed by atoms with Gasteiger partial charge in [-0.15, -0.1) is 0 Å². The molecule has 0 spiro atoms. The van der Waals surface area contributed by atoms with Gasteiger partial charge in [-0.05, 0) is 12.1 Å². The zero-order valence-corrected chi connectivity index (χ0v) is 10.5. The van der Waals surface area contributed by atoms with Crippen molar-refractivity contribution in [2.24, 2.45) is 0 Å². The highest BCUT2D eigenvalue weighted by molar-refractivity contribution is 6.00. The Morgan fingerprint density at radius 1 is 1.42 bits per heavy atom. The van der Waals surface area contributed by atoms with E-state index in [9.17, 15) is 15.0 Å². The number of morpholine rings is 1. The number of aliphatic hydroxyl groups excluding tert-OH is 1. The van der Waals surface area contributed by atoms with Gasteiger partial charge in [-0.2, -0.15) is 0 Å². The number of hydrogen-bond acceptors (Lipinski definition) is 6. The third-order valence-electron chi connectivity index (χ3n) is 3.08. The second kappa shape index (κ2) is 6.01. The van der Waals surface area contributed by atoms with E-state index < -0.39 is 0 Å². The molecule has 19 heavy (non-hydrogen) atoms. The third-order valence-corrected chi connectivity index (χ3v) is 3.08. The molecule has 0 bridgehead atoms. The van der Waals surface area contributed by atoms with E-state index in [1.807, 2.05) is 4.90 Å². The second-order valence-electron chi connectivity index (χ2n) is 4.54. The summed E-state index contributed by atoms with van der Waals surface area (Å²) in [5, 5.41) is 27.8. The molecule has 1 heterocycles. The Morgan fingerprint density at radius 3 is 2.89 bits per heavy atom. The maximum absolute atomic E-state index is 12.1. The minimum atomic E-state index is -0.269. The van der Waals surface area contributed by atoms with Gasteiger partial charge < -0.3 is 20.1 Å². The summed E-state index contributed by atoms with van der Waals surface area (Å²) in [6.07, 6.45) is -0.269. The number of benzene rings is 1. The van der Waals surface area contributed by atoms with Gasteiger partial charge in [-0.25, -0.2) is 0 Å². The fourth-order valence-corrected chi connectivity index (χ4v) is 2.08. The average Bonchev–Trinajstić information content (AvgIpc) is 2.38. The lowest BCUT2D eigenvalue weighted by Gasteiger charge is -2.31. The molecule has 3 N–H and O–H groups in total. The number of hydrogen-bond donors (Lipinski definition) is 3. The van der Waals surface area contributed by atoms with E-state index in [1.165, 1.54) is 12.1 Å². The number of carbonyl (C=O) groups is 1. The zero-order chi connectivity index (χ0) is 13.8. The fraction of sp³-hybridized carbons (Fsp3) is 0.462. The number of nitrogens with zero attached hydrogens (tertiary/aromatic N) is 1. The van der Waals surface area contributed by atoms with Gasteiger partial charge in [-0.3, -0.25) is 9.69 Å². The second-order valence-corrected chi connectivity index (χ2v) is 4.54. The lowest BCUT2D eigenvalue weighted by atomic mass is 10.1. The van der Waals surface area contributed by atoms with Gasteiger partial charge in [0.25, 0.3) is 0 Å². The molecule has 0 aromatic heterocycles. The maximum atomic E-state index is 12.1. The Kier molecular flexibility index (Phi) is 4.36. The Hall–Kier alpha value is -1.63. The quantitative estimate of drug-likeness (QED) is 0.664. The smallest absolute Gasteiger partial charge is 0.180 e. The molecule has 1 aromatic rings. The van der Waals surface area contributed by atoms with Crippen LogP contribution >= 0.6 is 0 Å². The molecule has 1 saturated heterocycles. The van der Waals surface area contributed by atoms with E-state index in [1.54, 1.807) is 0 Å². The molecule has 0 saturated carbocycles. The topological polar surface area (TPSA) is 90.2 Å². The summed E-state index contributed by atoms with van der Waals surface area (Å²) in [6, 6.07) is 3.91. The number of aliphatic hydroxyl groups is 1. The van der Waals surface area contributed by atoms with Crippen LogP contribution in [0.3, 0.4) is 0 Å². The van der Waals surface area contributed by atoms with Crippen molar-refractivity contribution in [2.75, 3.05) is 32.8 Å². The molecule has 104 valence electrons. The van der Waals surface area contributed by atoms with E-state index in [0.29, 0.717) is 19.7 Å². The molecular formula is C13H17NO5. The largest absolute Gasteiger partial charge is 0.508 e. The van der Waals surface area contributed by atoms with Gasteiger partial charge in [-0.1, -0.05) is 0 Å². The first-order chi connectivity index (χ1) is 9.10. The molecule has 1 aliphatic rings. The van der Waals surface area contributed by atoms with Crippen LogP contribution in [0, 0.1) is 0 Å². The van der Waals surface area contributed by atoms with Crippen LogP contribution < -0.4 is 0 Å². The summed E-state index contributed by atoms with van der Waals surface area (Å²) < 4.78 is 5.30. The lowest BCUT2D eigenvalue weighted by Crippen LogP contribution is -2.45. The predicted molar refractivity (Wildman–Crippen MR) is 67.4 cm³/mol. The molecule has 6 heteroatoms. The Balaban J connectivity index is 2.00. The highest BCUT2D eigenvalue weighted by Crippen LogP contribution is 2.23. The van der Waals surface area contributed by atoms with Crippen LogP contribution in [0.2, 0.25) is 0 Å². The molecule has 0 aliphatic carbocycles. The summed E-state index contributed by atoms with van der Waals surface area (Å²) in [4.78, 5) is 13.9.